The summed E-state index contributed by atoms with van der Waals surface area (Å²) in [6.07, 6.45) is 0. The van der Waals surface area contributed by atoms with Crippen molar-refractivity contribution in [3.05, 3.63) is 99.3 Å². The fraction of sp³-hybridized carbons (Fsp3) is 0.160. The van der Waals surface area contributed by atoms with Gasteiger partial charge in [0.05, 0.1) is 24.6 Å². The molecule has 0 amide bonds. The summed E-state index contributed by atoms with van der Waals surface area (Å²) >= 11 is 5.95. The second-order valence-corrected chi connectivity index (χ2v) is 10.0. The molecule has 1 aromatic heterocycles. The van der Waals surface area contributed by atoms with Crippen LogP contribution in [0.25, 0.3) is 10.9 Å². The molecule has 0 radical (unpaired) electrons. The maximum absolute atomic E-state index is 13.6. The normalized spacial score (nSPS) is 11.6. The Kier molecular flexibility index (Phi) is 6.92. The van der Waals surface area contributed by atoms with Crippen LogP contribution in [0.4, 0.5) is 0 Å². The number of aromatic amines is 1. The van der Waals surface area contributed by atoms with Gasteiger partial charge in [-0.15, -0.1) is 0 Å². The van der Waals surface area contributed by atoms with Crippen LogP contribution < -0.4 is 15.0 Å². The molecule has 0 bridgehead atoms. The zero-order valence-corrected chi connectivity index (χ0v) is 20.2. The molecule has 1 N–H and O–H groups in total. The van der Waals surface area contributed by atoms with Crippen LogP contribution in [0.15, 0.2) is 82.5 Å². The van der Waals surface area contributed by atoms with E-state index in [1.54, 1.807) is 56.7 Å². The van der Waals surface area contributed by atoms with Gasteiger partial charge in [0, 0.05) is 29.7 Å². The first kappa shape index (κ1) is 23.8. The molecule has 176 valence electrons. The van der Waals surface area contributed by atoms with Gasteiger partial charge in [0.15, 0.2) is 0 Å². The van der Waals surface area contributed by atoms with Crippen molar-refractivity contribution in [1.29, 1.82) is 0 Å². The molecule has 0 saturated heterocycles. The summed E-state index contributed by atoms with van der Waals surface area (Å²) in [7, 11) is -0.829. The van der Waals surface area contributed by atoms with E-state index in [1.165, 1.54) is 28.6 Å². The highest BCUT2D eigenvalue weighted by molar-refractivity contribution is 7.89. The van der Waals surface area contributed by atoms with E-state index in [4.69, 9.17) is 21.1 Å². The first-order valence-electron chi connectivity index (χ1n) is 10.4. The summed E-state index contributed by atoms with van der Waals surface area (Å²) in [5.41, 5.74) is 1.31. The molecule has 0 aliphatic heterocycles. The van der Waals surface area contributed by atoms with E-state index in [0.29, 0.717) is 27.6 Å². The summed E-state index contributed by atoms with van der Waals surface area (Å²) in [6, 6.07) is 20.1. The van der Waals surface area contributed by atoms with Gasteiger partial charge < -0.3 is 14.5 Å². The summed E-state index contributed by atoms with van der Waals surface area (Å²) in [5, 5.41) is 1.20. The van der Waals surface area contributed by atoms with Crippen LogP contribution in [0.1, 0.15) is 11.1 Å². The van der Waals surface area contributed by atoms with E-state index in [9.17, 15) is 13.2 Å². The number of hydrogen-bond donors (Lipinski definition) is 1. The predicted octanol–water partition coefficient (Wildman–Crippen LogP) is 4.59. The number of methoxy groups -OCH3 is 2. The molecular weight excluding hydrogens is 476 g/mol. The highest BCUT2D eigenvalue weighted by Crippen LogP contribution is 2.24. The Morgan fingerprint density at radius 3 is 2.15 bits per heavy atom. The van der Waals surface area contributed by atoms with Crippen molar-refractivity contribution in [2.24, 2.45) is 0 Å². The van der Waals surface area contributed by atoms with Crippen molar-refractivity contribution < 1.29 is 17.9 Å². The third-order valence-corrected chi connectivity index (χ3v) is 7.50. The maximum Gasteiger partial charge on any atom is 0.252 e. The third kappa shape index (κ3) is 5.09. The van der Waals surface area contributed by atoms with Crippen LogP contribution in [0.5, 0.6) is 11.5 Å². The first-order valence-corrected chi connectivity index (χ1v) is 12.2. The highest BCUT2D eigenvalue weighted by Gasteiger charge is 2.26. The van der Waals surface area contributed by atoms with E-state index >= 15 is 0 Å². The molecule has 34 heavy (non-hydrogen) atoms. The number of ether oxygens (including phenoxy) is 2. The lowest BCUT2D eigenvalue weighted by atomic mass is 10.1. The number of halogens is 1. The van der Waals surface area contributed by atoms with Crippen LogP contribution in [0.3, 0.4) is 0 Å². The quantitative estimate of drug-likeness (QED) is 0.384. The number of hydrogen-bond acceptors (Lipinski definition) is 5. The van der Waals surface area contributed by atoms with Crippen LogP contribution >= 0.6 is 11.6 Å². The van der Waals surface area contributed by atoms with Crippen molar-refractivity contribution in [3.63, 3.8) is 0 Å². The van der Waals surface area contributed by atoms with Crippen LogP contribution in [0, 0.1) is 0 Å². The molecular formula is C25H23ClN2O5S. The third-order valence-electron chi connectivity index (χ3n) is 5.45. The summed E-state index contributed by atoms with van der Waals surface area (Å²) < 4.78 is 38.8. The Morgan fingerprint density at radius 1 is 0.853 bits per heavy atom. The molecule has 0 atom stereocenters. The number of pyridine rings is 1. The lowest BCUT2D eigenvalue weighted by molar-refractivity contribution is 0.398. The van der Waals surface area contributed by atoms with Gasteiger partial charge in [0.1, 0.15) is 11.5 Å². The number of H-pyrrole nitrogens is 1. The molecule has 4 aromatic rings. The van der Waals surface area contributed by atoms with Gasteiger partial charge >= 0.3 is 0 Å². The van der Waals surface area contributed by atoms with Crippen molar-refractivity contribution in [3.8, 4) is 11.5 Å². The fourth-order valence-electron chi connectivity index (χ4n) is 3.58. The molecule has 0 aliphatic carbocycles. The molecule has 0 unspecified atom stereocenters. The van der Waals surface area contributed by atoms with Crippen LogP contribution in [-0.2, 0) is 23.1 Å². The van der Waals surface area contributed by atoms with Gasteiger partial charge in [0.2, 0.25) is 10.0 Å². The Bertz CT molecular complexity index is 1470. The maximum atomic E-state index is 13.6. The molecule has 0 fully saturated rings. The monoisotopic (exact) mass is 498 g/mol. The average molecular weight is 499 g/mol. The van der Waals surface area contributed by atoms with E-state index in [-0.39, 0.29) is 23.5 Å². The summed E-state index contributed by atoms with van der Waals surface area (Å²) in [4.78, 5) is 15.8. The minimum absolute atomic E-state index is 0.0645. The number of nitrogens with one attached hydrogen (secondary N) is 1. The number of benzene rings is 3. The Balaban J connectivity index is 1.74. The lowest BCUT2D eigenvalue weighted by Crippen LogP contribution is -2.32. The Hall–Kier alpha value is -3.33. The molecule has 0 saturated carbocycles. The minimum atomic E-state index is -3.94. The minimum Gasteiger partial charge on any atom is -0.497 e. The lowest BCUT2D eigenvalue weighted by Gasteiger charge is -2.22. The predicted molar refractivity (Wildman–Crippen MR) is 132 cm³/mol. The van der Waals surface area contributed by atoms with E-state index in [0.717, 1.165) is 10.9 Å². The average Bonchev–Trinajstić information content (AvgIpc) is 2.84. The molecule has 0 aliphatic rings. The van der Waals surface area contributed by atoms with Crippen molar-refractivity contribution in [2.45, 2.75) is 18.0 Å². The number of sulfonamides is 1. The van der Waals surface area contributed by atoms with Gasteiger partial charge in [0.25, 0.3) is 5.56 Å². The topological polar surface area (TPSA) is 88.7 Å². The molecule has 9 heteroatoms. The largest absolute Gasteiger partial charge is 0.497 e. The molecule has 3 aromatic carbocycles. The summed E-state index contributed by atoms with van der Waals surface area (Å²) in [5.74, 6) is 1.28. The van der Waals surface area contributed by atoms with E-state index in [1.807, 2.05) is 6.07 Å². The highest BCUT2D eigenvalue weighted by atomic mass is 35.5. The van der Waals surface area contributed by atoms with Crippen molar-refractivity contribution in [1.82, 2.24) is 9.29 Å². The van der Waals surface area contributed by atoms with E-state index < -0.39 is 10.0 Å². The van der Waals surface area contributed by atoms with Gasteiger partial charge in [-0.2, -0.15) is 4.31 Å². The summed E-state index contributed by atoms with van der Waals surface area (Å²) in [6.45, 7) is -0.0522. The SMILES string of the molecule is COc1ccc(CN(Cc2cc3ccc(OC)cc3[nH]c2=O)S(=O)(=O)c2ccc(Cl)cc2)cc1. The Morgan fingerprint density at radius 2 is 1.50 bits per heavy atom. The van der Waals surface area contributed by atoms with Gasteiger partial charge in [-0.05, 0) is 65.5 Å². The van der Waals surface area contributed by atoms with Gasteiger partial charge in [-0.3, -0.25) is 4.79 Å². The van der Waals surface area contributed by atoms with Gasteiger partial charge in [-0.1, -0.05) is 23.7 Å². The number of nitrogens with zero attached hydrogens (tertiary/aromatic N) is 1. The zero-order chi connectivity index (χ0) is 24.3. The van der Waals surface area contributed by atoms with Crippen LogP contribution in [-0.4, -0.2) is 31.9 Å². The van der Waals surface area contributed by atoms with Crippen molar-refractivity contribution >= 4 is 32.5 Å². The number of aromatic nitrogens is 1. The molecule has 7 nitrogen and oxygen atoms in total. The van der Waals surface area contributed by atoms with E-state index in [2.05, 4.69) is 4.98 Å². The van der Waals surface area contributed by atoms with Crippen molar-refractivity contribution in [2.75, 3.05) is 14.2 Å². The zero-order valence-electron chi connectivity index (χ0n) is 18.6. The molecule has 0 spiro atoms. The fourth-order valence-corrected chi connectivity index (χ4v) is 5.11. The van der Waals surface area contributed by atoms with Gasteiger partial charge in [-0.25, -0.2) is 8.42 Å². The first-order chi connectivity index (χ1) is 16.3. The standard InChI is InChI=1S/C25H23ClN2O5S/c1-32-21-8-3-17(4-9-21)15-28(34(30,31)23-11-6-20(26)7-12-23)16-19-13-18-5-10-22(33-2)14-24(18)27-25(19)29/h3-14H,15-16H2,1-2H3,(H,27,29). The van der Waals surface area contributed by atoms with Crippen LogP contribution in [0.2, 0.25) is 5.02 Å². The number of fused-ring (bicyclic) bond motifs is 1. The second-order valence-electron chi connectivity index (χ2n) is 7.65. The molecule has 1 heterocycles. The number of rotatable bonds is 8. The Labute approximate surface area is 202 Å². The second kappa shape index (κ2) is 9.89. The molecule has 4 rings (SSSR count). The smallest absolute Gasteiger partial charge is 0.252 e.